The summed E-state index contributed by atoms with van der Waals surface area (Å²) < 4.78 is 7.94. The van der Waals surface area contributed by atoms with Crippen molar-refractivity contribution in [1.29, 1.82) is 0 Å². The minimum Gasteiger partial charge on any atom is -0.508 e. The molecule has 5 N–H and O–H groups in total. The third kappa shape index (κ3) is 7.47. The van der Waals surface area contributed by atoms with Crippen molar-refractivity contribution in [2.24, 2.45) is 4.99 Å². The van der Waals surface area contributed by atoms with Crippen LogP contribution in [0.2, 0.25) is 5.02 Å². The number of anilines is 1. The summed E-state index contributed by atoms with van der Waals surface area (Å²) in [5, 5.41) is 33.7. The van der Waals surface area contributed by atoms with Gasteiger partial charge in [0.2, 0.25) is 5.91 Å². The molecule has 56 heavy (non-hydrogen) atoms. The molecule has 0 saturated heterocycles. The number of phenols is 1. The lowest BCUT2D eigenvalue weighted by atomic mass is 9.90. The van der Waals surface area contributed by atoms with Crippen LogP contribution in [0.25, 0.3) is 38.4 Å². The second kappa shape index (κ2) is 15.4. The molecule has 0 fully saturated rings. The first-order valence-electron chi connectivity index (χ1n) is 17.0. The number of carboxylic acids is 1. The Morgan fingerprint density at radius 2 is 1.68 bits per heavy atom. The van der Waals surface area contributed by atoms with E-state index in [-0.39, 0.29) is 33.5 Å². The minimum atomic E-state index is -1.18. The Morgan fingerprint density at radius 1 is 0.929 bits per heavy atom. The summed E-state index contributed by atoms with van der Waals surface area (Å²) >= 11 is 12.9. The fourth-order valence-electron chi connectivity index (χ4n) is 6.36. The van der Waals surface area contributed by atoms with Gasteiger partial charge in [-0.2, -0.15) is 0 Å². The summed E-state index contributed by atoms with van der Waals surface area (Å²) in [6.45, 7) is 8.12. The molecular weight excluding hydrogens is 774 g/mol. The van der Waals surface area contributed by atoms with Gasteiger partial charge in [-0.25, -0.2) is 4.79 Å². The predicted molar refractivity (Wildman–Crippen MR) is 221 cm³/mol. The number of nitrogens with zero attached hydrogens (tertiary/aromatic N) is 4. The molecule has 1 aliphatic carbocycles. The molecule has 4 heterocycles. The van der Waals surface area contributed by atoms with Crippen LogP contribution < -0.4 is 21.6 Å². The number of halogens is 1. The highest BCUT2D eigenvalue weighted by Crippen LogP contribution is 2.42. The maximum Gasteiger partial charge on any atom is 0.336 e. The summed E-state index contributed by atoms with van der Waals surface area (Å²) in [6.07, 6.45) is 0. The van der Waals surface area contributed by atoms with Gasteiger partial charge >= 0.3 is 5.97 Å². The third-order valence-electron chi connectivity index (χ3n) is 9.00. The molecule has 0 spiro atoms. The van der Waals surface area contributed by atoms with Crippen LogP contribution in [0.15, 0.2) is 93.1 Å². The number of carbonyl (C=O) groups excluding carboxylic acids is 1. The van der Waals surface area contributed by atoms with E-state index in [0.717, 1.165) is 32.9 Å². The van der Waals surface area contributed by atoms with Crippen molar-refractivity contribution in [1.82, 2.24) is 25.6 Å². The van der Waals surface area contributed by atoms with Gasteiger partial charge in [-0.3, -0.25) is 30.0 Å². The van der Waals surface area contributed by atoms with Crippen LogP contribution in [0.3, 0.4) is 0 Å². The molecular formula is C40H32ClN7O6S2. The molecule has 0 atom stereocenters. The van der Waals surface area contributed by atoms with Crippen LogP contribution in [0, 0.1) is 20.8 Å². The Balaban J connectivity index is 0.000000182. The maximum absolute atomic E-state index is 12.2. The van der Waals surface area contributed by atoms with E-state index in [2.05, 4.69) is 44.8 Å². The summed E-state index contributed by atoms with van der Waals surface area (Å²) in [5.74, 6) is 0.476. The summed E-state index contributed by atoms with van der Waals surface area (Å²) in [6, 6.07) is 21.3. The van der Waals surface area contributed by atoms with E-state index in [0.29, 0.717) is 39.9 Å². The van der Waals surface area contributed by atoms with E-state index < -0.39 is 5.97 Å². The molecule has 0 saturated carbocycles. The molecule has 3 aromatic carbocycles. The number of aryl methyl sites for hydroxylation is 2. The Labute approximate surface area is 333 Å². The average Bonchev–Trinajstić information content (AvgIpc) is 3.61. The Kier molecular flexibility index (Phi) is 10.4. The average molecular weight is 806 g/mol. The van der Waals surface area contributed by atoms with Gasteiger partial charge < -0.3 is 19.9 Å². The number of benzene rings is 4. The molecule has 13 nitrogen and oxygen atoms in total. The smallest absolute Gasteiger partial charge is 0.336 e. The van der Waals surface area contributed by atoms with Gasteiger partial charge in [-0.1, -0.05) is 29.8 Å². The van der Waals surface area contributed by atoms with Crippen LogP contribution in [-0.4, -0.2) is 47.7 Å². The van der Waals surface area contributed by atoms with Gasteiger partial charge in [0, 0.05) is 62.3 Å². The topological polar surface area (TPSA) is 184 Å². The number of amides is 1. The lowest BCUT2D eigenvalue weighted by Crippen LogP contribution is -2.42. The number of nitrogens with one attached hydrogen (secondary N) is 3. The number of carboxylic acid groups (broad SMARTS) is 1. The molecule has 2 aromatic heterocycles. The molecule has 3 aliphatic rings. The quantitative estimate of drug-likeness (QED) is 0.0672. The number of aliphatic imine (C=N–C) groups is 1. The molecule has 0 bridgehead atoms. The zero-order valence-corrected chi connectivity index (χ0v) is 32.6. The van der Waals surface area contributed by atoms with Crippen LogP contribution in [0.4, 0.5) is 5.69 Å². The first-order valence-corrected chi connectivity index (χ1v) is 18.6. The molecule has 282 valence electrons. The number of carbonyl (C=O) groups is 2. The van der Waals surface area contributed by atoms with Crippen molar-refractivity contribution >= 4 is 74.5 Å². The van der Waals surface area contributed by atoms with Crippen LogP contribution >= 0.6 is 35.2 Å². The van der Waals surface area contributed by atoms with Crippen molar-refractivity contribution < 1.29 is 24.2 Å². The van der Waals surface area contributed by atoms with E-state index in [1.807, 2.05) is 31.2 Å². The number of aromatic carboxylic acids is 1. The van der Waals surface area contributed by atoms with Gasteiger partial charge in [0.15, 0.2) is 16.4 Å². The zero-order valence-electron chi connectivity index (χ0n) is 30.2. The Hall–Kier alpha value is -6.42. The molecule has 8 rings (SSSR count). The summed E-state index contributed by atoms with van der Waals surface area (Å²) in [7, 11) is 0. The Bertz CT molecular complexity index is 2770. The number of phenolic OH excluding ortho intramolecular Hbond substituents is 1. The van der Waals surface area contributed by atoms with Crippen molar-refractivity contribution in [3.8, 4) is 33.2 Å². The number of rotatable bonds is 4. The molecule has 1 amide bonds. The number of fused-ring (bicyclic) bond motifs is 5. The zero-order chi connectivity index (χ0) is 39.8. The molecule has 2 aliphatic heterocycles. The van der Waals surface area contributed by atoms with E-state index in [9.17, 15) is 24.6 Å². The van der Waals surface area contributed by atoms with Gasteiger partial charge in [0.25, 0.3) is 0 Å². The van der Waals surface area contributed by atoms with E-state index in [1.165, 1.54) is 53.3 Å². The number of thiophene rings is 1. The van der Waals surface area contributed by atoms with Crippen molar-refractivity contribution in [2.75, 3.05) is 5.32 Å². The fraction of sp³-hybridized carbons (Fsp3) is 0.125. The second-order valence-corrected chi connectivity index (χ2v) is 14.8. The highest BCUT2D eigenvalue weighted by atomic mass is 35.5. The van der Waals surface area contributed by atoms with Gasteiger partial charge in [-0.15, -0.1) is 21.5 Å². The van der Waals surface area contributed by atoms with E-state index in [1.54, 1.807) is 35.6 Å². The van der Waals surface area contributed by atoms with Crippen molar-refractivity contribution in [2.45, 2.75) is 34.2 Å². The summed E-state index contributed by atoms with van der Waals surface area (Å²) in [4.78, 5) is 41.2. The van der Waals surface area contributed by atoms with Gasteiger partial charge in [0.1, 0.15) is 34.5 Å². The number of hydrazine groups is 1. The second-order valence-electron chi connectivity index (χ2n) is 12.8. The summed E-state index contributed by atoms with van der Waals surface area (Å²) in [5.41, 5.74) is 11.2. The van der Waals surface area contributed by atoms with Crippen molar-refractivity contribution in [3.63, 3.8) is 0 Å². The predicted octanol–water partition coefficient (Wildman–Crippen LogP) is 7.56. The lowest BCUT2D eigenvalue weighted by molar-refractivity contribution is -0.119. The van der Waals surface area contributed by atoms with E-state index in [4.69, 9.17) is 33.2 Å². The van der Waals surface area contributed by atoms with Gasteiger partial charge in [0.05, 0.1) is 11.3 Å². The van der Waals surface area contributed by atoms with E-state index >= 15 is 0 Å². The molecule has 0 unspecified atom stereocenters. The SMILES string of the molecule is CC(=O)NNC(=S)Nc1ccc(-c2c3ccc(=O)cc-3oc3cc(O)ccc23)c(C(=O)O)c1.Cc1sc2c(c1C)C(c1ccc(Cl)cc1)=NCc1nnc(C)n1-2. The number of aromatic nitrogens is 3. The number of thiocarbonyl (C=S) groups is 1. The molecule has 16 heteroatoms. The van der Waals surface area contributed by atoms with Gasteiger partial charge in [-0.05, 0) is 92.6 Å². The standard InChI is InChI=1S/C23H17N3O6S.C17H15ClN4S/c1-11(27)25-26-23(33)24-12-2-5-15(18(8-12)22(30)31)21-16-6-3-13(28)9-19(16)32-20-10-14(29)4-7-17(20)21;1-9-10(2)23-17-15(9)16(12-4-6-13(18)7-5-12)19-8-14-21-20-11(3)22(14)17/h2-10,28H,1H3,(H,25,27)(H,30,31)(H2,24,26,33);4-7H,8H2,1-3H3. The monoisotopic (exact) mass is 805 g/mol. The van der Waals surface area contributed by atoms with Crippen LogP contribution in [-0.2, 0) is 11.3 Å². The lowest BCUT2D eigenvalue weighted by Gasteiger charge is -2.18. The fourth-order valence-corrected chi connectivity index (χ4v) is 7.88. The third-order valence-corrected chi connectivity index (χ3v) is 10.6. The number of hydrogen-bond acceptors (Lipinski definition) is 10. The highest BCUT2D eigenvalue weighted by Gasteiger charge is 2.27. The van der Waals surface area contributed by atoms with Crippen LogP contribution in [0.1, 0.15) is 50.5 Å². The molecule has 0 radical (unpaired) electrons. The maximum atomic E-state index is 12.2. The van der Waals surface area contributed by atoms with Crippen LogP contribution in [0.5, 0.6) is 5.75 Å². The number of aromatic hydroxyl groups is 1. The minimum absolute atomic E-state index is 0.0320. The Morgan fingerprint density at radius 3 is 2.41 bits per heavy atom. The first-order chi connectivity index (χ1) is 26.8. The normalized spacial score (nSPS) is 11.8. The highest BCUT2D eigenvalue weighted by molar-refractivity contribution is 7.80. The largest absolute Gasteiger partial charge is 0.508 e. The molecule has 5 aromatic rings. The number of hydrogen-bond donors (Lipinski definition) is 5. The van der Waals surface area contributed by atoms with Crippen molar-refractivity contribution in [3.05, 3.63) is 133 Å². The first kappa shape index (κ1) is 37.9.